The third kappa shape index (κ3) is 3.53. The molecule has 1 aromatic carbocycles. The van der Waals surface area contributed by atoms with Gasteiger partial charge in [0.05, 0.1) is 7.11 Å². The van der Waals surface area contributed by atoms with Crippen molar-refractivity contribution in [1.82, 2.24) is 0 Å². The van der Waals surface area contributed by atoms with Crippen LogP contribution in [0.25, 0.3) is 0 Å². The number of hydrogen-bond donors (Lipinski definition) is 0. The summed E-state index contributed by atoms with van der Waals surface area (Å²) in [4.78, 5) is 0.410. The van der Waals surface area contributed by atoms with Gasteiger partial charge in [0.25, 0.3) is 0 Å². The summed E-state index contributed by atoms with van der Waals surface area (Å²) in [6, 6.07) is 6.33. The molecule has 1 rings (SSSR count). The van der Waals surface area contributed by atoms with Crippen molar-refractivity contribution in [3.8, 4) is 5.75 Å². The van der Waals surface area contributed by atoms with Crippen LogP contribution in [0, 0.1) is 6.92 Å². The minimum atomic E-state index is 0.410. The minimum Gasteiger partial charge on any atom is -0.496 e. The first-order chi connectivity index (χ1) is 7.19. The predicted molar refractivity (Wildman–Crippen MR) is 68.9 cm³/mol. The number of hydrogen-bond acceptors (Lipinski definition) is 1. The number of rotatable bonds is 5. The van der Waals surface area contributed by atoms with Gasteiger partial charge in [-0.1, -0.05) is 53.4 Å². The van der Waals surface area contributed by atoms with E-state index >= 15 is 0 Å². The standard InChI is InChI=1S/C13H19BrO/c1-4-5-6-12(14)11-9-10(2)7-8-13(11)15-3/h7-9,12H,4-6H2,1-3H3. The molecule has 84 valence electrons. The number of halogens is 1. The Morgan fingerprint density at radius 3 is 2.73 bits per heavy atom. The fraction of sp³-hybridized carbons (Fsp3) is 0.538. The number of ether oxygens (including phenoxy) is 1. The highest BCUT2D eigenvalue weighted by atomic mass is 79.9. The van der Waals surface area contributed by atoms with Crippen molar-refractivity contribution in [3.05, 3.63) is 29.3 Å². The van der Waals surface area contributed by atoms with Gasteiger partial charge in [-0.05, 0) is 19.4 Å². The van der Waals surface area contributed by atoms with Crippen molar-refractivity contribution in [2.75, 3.05) is 7.11 Å². The highest BCUT2D eigenvalue weighted by Crippen LogP contribution is 2.35. The molecule has 15 heavy (non-hydrogen) atoms. The summed E-state index contributed by atoms with van der Waals surface area (Å²) in [5.41, 5.74) is 2.55. The molecule has 0 fully saturated rings. The Kier molecular flexibility index (Phi) is 5.16. The topological polar surface area (TPSA) is 9.23 Å². The first-order valence-corrected chi connectivity index (χ1v) is 6.39. The van der Waals surface area contributed by atoms with Gasteiger partial charge in [0.15, 0.2) is 0 Å². The van der Waals surface area contributed by atoms with Crippen LogP contribution >= 0.6 is 15.9 Å². The molecule has 1 unspecified atom stereocenters. The van der Waals surface area contributed by atoms with E-state index in [1.807, 2.05) is 6.07 Å². The highest BCUT2D eigenvalue weighted by Gasteiger charge is 2.12. The van der Waals surface area contributed by atoms with E-state index in [0.29, 0.717) is 4.83 Å². The smallest absolute Gasteiger partial charge is 0.123 e. The average molecular weight is 271 g/mol. The highest BCUT2D eigenvalue weighted by molar-refractivity contribution is 9.09. The van der Waals surface area contributed by atoms with Crippen molar-refractivity contribution < 1.29 is 4.74 Å². The number of unbranched alkanes of at least 4 members (excludes halogenated alkanes) is 1. The van der Waals surface area contributed by atoms with E-state index in [2.05, 4.69) is 41.9 Å². The fourth-order valence-corrected chi connectivity index (χ4v) is 2.32. The van der Waals surface area contributed by atoms with Crippen LogP contribution in [0.5, 0.6) is 5.75 Å². The zero-order chi connectivity index (χ0) is 11.3. The Hall–Kier alpha value is -0.500. The summed E-state index contributed by atoms with van der Waals surface area (Å²) >= 11 is 3.73. The first-order valence-electron chi connectivity index (χ1n) is 5.47. The molecule has 0 saturated heterocycles. The maximum Gasteiger partial charge on any atom is 0.123 e. The van der Waals surface area contributed by atoms with Gasteiger partial charge in [-0.25, -0.2) is 0 Å². The van der Waals surface area contributed by atoms with E-state index in [4.69, 9.17) is 4.74 Å². The van der Waals surface area contributed by atoms with Crippen molar-refractivity contribution in [1.29, 1.82) is 0 Å². The second-order valence-electron chi connectivity index (χ2n) is 3.86. The molecule has 0 aliphatic heterocycles. The molecular formula is C13H19BrO. The zero-order valence-corrected chi connectivity index (χ0v) is 11.3. The van der Waals surface area contributed by atoms with Gasteiger partial charge >= 0.3 is 0 Å². The molecule has 1 aromatic rings. The zero-order valence-electron chi connectivity index (χ0n) is 9.72. The van der Waals surface area contributed by atoms with Crippen molar-refractivity contribution in [3.63, 3.8) is 0 Å². The fourth-order valence-electron chi connectivity index (χ4n) is 1.64. The van der Waals surface area contributed by atoms with Crippen molar-refractivity contribution >= 4 is 15.9 Å². The van der Waals surface area contributed by atoms with Gasteiger partial charge in [0, 0.05) is 10.4 Å². The Morgan fingerprint density at radius 2 is 2.13 bits per heavy atom. The molecule has 1 atom stereocenters. The Bertz CT molecular complexity index is 309. The number of alkyl halides is 1. The van der Waals surface area contributed by atoms with E-state index in [1.54, 1.807) is 7.11 Å². The van der Waals surface area contributed by atoms with E-state index < -0.39 is 0 Å². The number of benzene rings is 1. The molecule has 0 radical (unpaired) electrons. The molecule has 0 aliphatic carbocycles. The van der Waals surface area contributed by atoms with Crippen molar-refractivity contribution in [2.45, 2.75) is 37.9 Å². The Morgan fingerprint density at radius 1 is 1.40 bits per heavy atom. The van der Waals surface area contributed by atoms with Crippen LogP contribution in [0.3, 0.4) is 0 Å². The Labute approximate surface area is 101 Å². The van der Waals surface area contributed by atoms with Gasteiger partial charge in [0.1, 0.15) is 5.75 Å². The maximum absolute atomic E-state index is 5.37. The van der Waals surface area contributed by atoms with Gasteiger partial charge < -0.3 is 4.74 Å². The lowest BCUT2D eigenvalue weighted by atomic mass is 10.0. The summed E-state index contributed by atoms with van der Waals surface area (Å²) < 4.78 is 5.37. The average Bonchev–Trinajstić information content (AvgIpc) is 2.25. The Balaban J connectivity index is 2.85. The molecule has 1 nitrogen and oxygen atoms in total. The largest absolute Gasteiger partial charge is 0.496 e. The lowest BCUT2D eigenvalue weighted by Gasteiger charge is -2.14. The second-order valence-corrected chi connectivity index (χ2v) is 4.96. The third-order valence-electron chi connectivity index (χ3n) is 2.53. The molecule has 0 saturated carbocycles. The molecule has 0 aliphatic rings. The van der Waals surface area contributed by atoms with Gasteiger partial charge in [-0.2, -0.15) is 0 Å². The van der Waals surface area contributed by atoms with Crippen LogP contribution in [0.2, 0.25) is 0 Å². The van der Waals surface area contributed by atoms with E-state index in [0.717, 1.165) is 12.2 Å². The molecule has 0 spiro atoms. The van der Waals surface area contributed by atoms with E-state index in [9.17, 15) is 0 Å². The lowest BCUT2D eigenvalue weighted by molar-refractivity contribution is 0.408. The second kappa shape index (κ2) is 6.16. The first kappa shape index (κ1) is 12.6. The molecule has 0 aromatic heterocycles. The molecule has 2 heteroatoms. The van der Waals surface area contributed by atoms with Crippen LogP contribution < -0.4 is 4.74 Å². The monoisotopic (exact) mass is 270 g/mol. The van der Waals surface area contributed by atoms with Crippen LogP contribution in [0.4, 0.5) is 0 Å². The SMILES string of the molecule is CCCCC(Br)c1cc(C)ccc1OC. The van der Waals surface area contributed by atoms with Crippen LogP contribution in [0.1, 0.15) is 42.1 Å². The molecule has 0 bridgehead atoms. The molecule has 0 amide bonds. The summed E-state index contributed by atoms with van der Waals surface area (Å²) in [5.74, 6) is 0.985. The van der Waals surface area contributed by atoms with Crippen molar-refractivity contribution in [2.24, 2.45) is 0 Å². The van der Waals surface area contributed by atoms with Gasteiger partial charge in [0.2, 0.25) is 0 Å². The normalized spacial score (nSPS) is 12.5. The van der Waals surface area contributed by atoms with Gasteiger partial charge in [-0.15, -0.1) is 0 Å². The van der Waals surface area contributed by atoms with E-state index in [-0.39, 0.29) is 0 Å². The summed E-state index contributed by atoms with van der Waals surface area (Å²) in [7, 11) is 1.73. The quantitative estimate of drug-likeness (QED) is 0.709. The number of methoxy groups -OCH3 is 1. The number of aryl methyl sites for hydroxylation is 1. The maximum atomic E-state index is 5.37. The summed E-state index contributed by atoms with van der Waals surface area (Å²) in [5, 5.41) is 0. The molecular weight excluding hydrogens is 252 g/mol. The molecule has 0 N–H and O–H groups in total. The lowest BCUT2D eigenvalue weighted by Crippen LogP contribution is -1.96. The van der Waals surface area contributed by atoms with E-state index in [1.165, 1.54) is 24.0 Å². The summed E-state index contributed by atoms with van der Waals surface area (Å²) in [6.07, 6.45) is 3.64. The van der Waals surface area contributed by atoms with Crippen LogP contribution in [-0.4, -0.2) is 7.11 Å². The predicted octanol–water partition coefficient (Wildman–Crippen LogP) is 4.63. The summed E-state index contributed by atoms with van der Waals surface area (Å²) in [6.45, 7) is 4.33. The van der Waals surface area contributed by atoms with Crippen LogP contribution in [-0.2, 0) is 0 Å². The molecule has 0 heterocycles. The third-order valence-corrected chi connectivity index (χ3v) is 3.48. The van der Waals surface area contributed by atoms with Gasteiger partial charge in [-0.3, -0.25) is 0 Å². The minimum absolute atomic E-state index is 0.410. The van der Waals surface area contributed by atoms with Crippen LogP contribution in [0.15, 0.2) is 18.2 Å².